The highest BCUT2D eigenvalue weighted by atomic mass is 16.2. The molecule has 28 heavy (non-hydrogen) atoms. The molecule has 1 saturated heterocycles. The molecule has 1 aliphatic heterocycles. The Balaban J connectivity index is 1.97. The highest BCUT2D eigenvalue weighted by Crippen LogP contribution is 2.08. The van der Waals surface area contributed by atoms with Crippen LogP contribution in [-0.4, -0.2) is 66.3 Å². The lowest BCUT2D eigenvalue weighted by atomic mass is 10.1. The maximum atomic E-state index is 12.2. The molecule has 0 bridgehead atoms. The summed E-state index contributed by atoms with van der Waals surface area (Å²) in [6.07, 6.45) is 0.909. The van der Waals surface area contributed by atoms with Crippen molar-refractivity contribution < 1.29 is 9.59 Å². The largest absolute Gasteiger partial charge is 0.357 e. The molecule has 7 nitrogen and oxygen atoms in total. The summed E-state index contributed by atoms with van der Waals surface area (Å²) in [6, 6.07) is 7.77. The molecule has 0 aromatic heterocycles. The molecule has 1 aromatic carbocycles. The Morgan fingerprint density at radius 1 is 1.07 bits per heavy atom. The molecule has 2 N–H and O–H groups in total. The van der Waals surface area contributed by atoms with Gasteiger partial charge in [0.1, 0.15) is 0 Å². The van der Waals surface area contributed by atoms with E-state index in [4.69, 9.17) is 4.99 Å². The van der Waals surface area contributed by atoms with Crippen molar-refractivity contribution in [2.45, 2.75) is 46.7 Å². The van der Waals surface area contributed by atoms with Crippen molar-refractivity contribution in [2.24, 2.45) is 4.99 Å². The van der Waals surface area contributed by atoms with Crippen molar-refractivity contribution in [3.63, 3.8) is 0 Å². The molecule has 7 heteroatoms. The van der Waals surface area contributed by atoms with Gasteiger partial charge < -0.3 is 20.4 Å². The molecule has 1 heterocycles. The zero-order chi connectivity index (χ0) is 20.5. The number of benzene rings is 1. The Kier molecular flexibility index (Phi) is 8.29. The van der Waals surface area contributed by atoms with E-state index >= 15 is 0 Å². The molecule has 0 radical (unpaired) electrons. The third kappa shape index (κ3) is 6.25. The van der Waals surface area contributed by atoms with Crippen LogP contribution in [0.4, 0.5) is 0 Å². The molecular weight excluding hydrogens is 354 g/mol. The second kappa shape index (κ2) is 10.7. The number of hydrogen-bond acceptors (Lipinski definition) is 3. The molecular formula is C21H33N5O2. The number of hydrogen-bond donors (Lipinski definition) is 2. The van der Waals surface area contributed by atoms with Gasteiger partial charge in [0.15, 0.2) is 5.96 Å². The first-order chi connectivity index (χ1) is 13.4. The molecule has 0 aliphatic carbocycles. The topological polar surface area (TPSA) is 77.0 Å². The Hall–Kier alpha value is -2.57. The smallest absolute Gasteiger partial charge is 0.251 e. The van der Waals surface area contributed by atoms with Gasteiger partial charge in [0.2, 0.25) is 5.91 Å². The second-order valence-corrected chi connectivity index (χ2v) is 7.14. The van der Waals surface area contributed by atoms with Gasteiger partial charge in [0, 0.05) is 51.3 Å². The van der Waals surface area contributed by atoms with Gasteiger partial charge in [0.25, 0.3) is 5.91 Å². The van der Waals surface area contributed by atoms with E-state index in [9.17, 15) is 9.59 Å². The molecule has 2 amide bonds. The minimum absolute atomic E-state index is 0.0407. The third-order valence-electron chi connectivity index (χ3n) is 4.98. The lowest BCUT2D eigenvalue weighted by Gasteiger charge is -2.36. The third-order valence-corrected chi connectivity index (χ3v) is 4.98. The summed E-state index contributed by atoms with van der Waals surface area (Å²) >= 11 is 0. The molecule has 0 saturated carbocycles. The fourth-order valence-corrected chi connectivity index (χ4v) is 3.00. The second-order valence-electron chi connectivity index (χ2n) is 7.14. The molecule has 1 atom stereocenters. The van der Waals surface area contributed by atoms with Gasteiger partial charge in [-0.25, -0.2) is 4.99 Å². The van der Waals surface area contributed by atoms with Gasteiger partial charge >= 0.3 is 0 Å². The van der Waals surface area contributed by atoms with Crippen molar-refractivity contribution in [1.29, 1.82) is 0 Å². The number of nitrogens with zero attached hydrogens (tertiary/aromatic N) is 3. The van der Waals surface area contributed by atoms with Crippen LogP contribution in [-0.2, 0) is 11.3 Å². The summed E-state index contributed by atoms with van der Waals surface area (Å²) in [5, 5.41) is 6.31. The predicted molar refractivity (Wildman–Crippen MR) is 112 cm³/mol. The van der Waals surface area contributed by atoms with E-state index in [0.717, 1.165) is 50.7 Å². The van der Waals surface area contributed by atoms with Gasteiger partial charge in [-0.05, 0) is 38.0 Å². The summed E-state index contributed by atoms with van der Waals surface area (Å²) < 4.78 is 0. The summed E-state index contributed by atoms with van der Waals surface area (Å²) in [4.78, 5) is 32.5. The van der Waals surface area contributed by atoms with Crippen LogP contribution in [0.15, 0.2) is 29.3 Å². The van der Waals surface area contributed by atoms with Crippen LogP contribution in [0.3, 0.4) is 0 Å². The van der Waals surface area contributed by atoms with Crippen molar-refractivity contribution in [1.82, 2.24) is 20.4 Å². The Labute approximate surface area is 168 Å². The summed E-state index contributed by atoms with van der Waals surface area (Å²) in [5.41, 5.74) is 1.72. The fraction of sp³-hybridized carbons (Fsp3) is 0.571. The van der Waals surface area contributed by atoms with E-state index in [2.05, 4.69) is 15.5 Å². The van der Waals surface area contributed by atoms with Crippen molar-refractivity contribution >= 4 is 17.8 Å². The van der Waals surface area contributed by atoms with Gasteiger partial charge in [0.05, 0.1) is 6.54 Å². The average molecular weight is 388 g/mol. The van der Waals surface area contributed by atoms with Gasteiger partial charge in [-0.15, -0.1) is 0 Å². The SMILES string of the molecule is CCNC(=NCc1ccc(C(=O)NC(C)CC)cc1)N1CCN(C(C)=O)CC1. The lowest BCUT2D eigenvalue weighted by molar-refractivity contribution is -0.130. The Bertz CT molecular complexity index is 679. The van der Waals surface area contributed by atoms with Gasteiger partial charge in [-0.1, -0.05) is 19.1 Å². The van der Waals surface area contributed by atoms with E-state index in [-0.39, 0.29) is 17.9 Å². The number of amides is 2. The Morgan fingerprint density at radius 3 is 2.21 bits per heavy atom. The maximum absolute atomic E-state index is 12.2. The molecule has 1 fully saturated rings. The Morgan fingerprint density at radius 2 is 1.68 bits per heavy atom. The number of aliphatic imine (C=N–C) groups is 1. The monoisotopic (exact) mass is 387 g/mol. The van der Waals surface area contributed by atoms with E-state index in [0.29, 0.717) is 12.1 Å². The molecule has 1 unspecified atom stereocenters. The van der Waals surface area contributed by atoms with Crippen LogP contribution in [0, 0.1) is 0 Å². The van der Waals surface area contributed by atoms with E-state index in [1.54, 1.807) is 6.92 Å². The normalized spacial score (nSPS) is 15.9. The highest BCUT2D eigenvalue weighted by molar-refractivity contribution is 5.94. The molecule has 2 rings (SSSR count). The zero-order valence-electron chi connectivity index (χ0n) is 17.5. The maximum Gasteiger partial charge on any atom is 0.251 e. The predicted octanol–water partition coefficient (Wildman–Crippen LogP) is 1.84. The molecule has 1 aromatic rings. The van der Waals surface area contributed by atoms with E-state index in [1.807, 2.05) is 49.9 Å². The van der Waals surface area contributed by atoms with Crippen LogP contribution in [0.1, 0.15) is 50.0 Å². The first kappa shape index (κ1) is 21.7. The fourth-order valence-electron chi connectivity index (χ4n) is 3.00. The number of carbonyl (C=O) groups excluding carboxylic acids is 2. The van der Waals surface area contributed by atoms with Crippen molar-refractivity contribution in [3.8, 4) is 0 Å². The van der Waals surface area contributed by atoms with Gasteiger partial charge in [-0.3, -0.25) is 9.59 Å². The summed E-state index contributed by atoms with van der Waals surface area (Å²) in [7, 11) is 0. The van der Waals surface area contributed by atoms with Crippen molar-refractivity contribution in [2.75, 3.05) is 32.7 Å². The average Bonchev–Trinajstić information content (AvgIpc) is 2.71. The van der Waals surface area contributed by atoms with Crippen LogP contribution in [0.2, 0.25) is 0 Å². The first-order valence-corrected chi connectivity index (χ1v) is 10.1. The molecule has 1 aliphatic rings. The summed E-state index contributed by atoms with van der Waals surface area (Å²) in [6.45, 7) is 12.0. The minimum atomic E-state index is -0.0407. The van der Waals surface area contributed by atoms with E-state index in [1.165, 1.54) is 0 Å². The minimum Gasteiger partial charge on any atom is -0.357 e. The van der Waals surface area contributed by atoms with Crippen LogP contribution in [0.25, 0.3) is 0 Å². The van der Waals surface area contributed by atoms with Crippen LogP contribution < -0.4 is 10.6 Å². The number of rotatable bonds is 6. The van der Waals surface area contributed by atoms with Gasteiger partial charge in [-0.2, -0.15) is 0 Å². The van der Waals surface area contributed by atoms with Crippen LogP contribution >= 0.6 is 0 Å². The highest BCUT2D eigenvalue weighted by Gasteiger charge is 2.20. The zero-order valence-corrected chi connectivity index (χ0v) is 17.5. The number of nitrogens with one attached hydrogen (secondary N) is 2. The standard InChI is InChI=1S/C21H33N5O2/c1-5-16(3)24-20(28)19-9-7-18(8-10-19)15-23-21(22-6-2)26-13-11-25(12-14-26)17(4)27/h7-10,16H,5-6,11-15H2,1-4H3,(H,22,23)(H,24,28). The summed E-state index contributed by atoms with van der Waals surface area (Å²) in [5.74, 6) is 0.949. The number of carbonyl (C=O) groups is 2. The lowest BCUT2D eigenvalue weighted by Crippen LogP contribution is -2.53. The molecule has 154 valence electrons. The number of guanidine groups is 1. The quantitative estimate of drug-likeness (QED) is 0.577. The first-order valence-electron chi connectivity index (χ1n) is 10.1. The van der Waals surface area contributed by atoms with Crippen LogP contribution in [0.5, 0.6) is 0 Å². The molecule has 0 spiro atoms. The van der Waals surface area contributed by atoms with Crippen molar-refractivity contribution in [3.05, 3.63) is 35.4 Å². The van der Waals surface area contributed by atoms with E-state index < -0.39 is 0 Å². The number of piperazine rings is 1.